The molecule has 0 radical (unpaired) electrons. The van der Waals surface area contributed by atoms with Gasteiger partial charge in [-0.25, -0.2) is 13.2 Å². The molecule has 0 saturated heterocycles. The van der Waals surface area contributed by atoms with Gasteiger partial charge in [-0.2, -0.15) is 54.5 Å². The van der Waals surface area contributed by atoms with Crippen molar-refractivity contribution in [1.82, 2.24) is 58.1 Å². The van der Waals surface area contributed by atoms with Crippen LogP contribution in [0.2, 0.25) is 0 Å². The summed E-state index contributed by atoms with van der Waals surface area (Å²) >= 11 is 1.63. The van der Waals surface area contributed by atoms with E-state index in [9.17, 15) is 84.9 Å². The van der Waals surface area contributed by atoms with E-state index in [0.29, 0.717) is 84.7 Å². The van der Waals surface area contributed by atoms with E-state index in [1.54, 1.807) is 26.0 Å². The Morgan fingerprint density at radius 2 is 0.776 bits per heavy atom. The maximum atomic E-state index is 15.1. The van der Waals surface area contributed by atoms with Crippen LogP contribution in [0.1, 0.15) is 214 Å². The maximum Gasteiger partial charge on any atom is 0.416 e. The normalized spacial score (nSPS) is 20.1. The first kappa shape index (κ1) is 62.1. The van der Waals surface area contributed by atoms with Crippen molar-refractivity contribution in [2.45, 2.75) is 197 Å². The molecule has 12 aromatic rings. The second-order valence-electron chi connectivity index (χ2n) is 31.1. The molecule has 0 saturated carbocycles. The number of nitrogens with zero attached hydrogens (tertiary/aromatic N) is 12. The molecule has 3 aliphatic rings. The third-order valence-corrected chi connectivity index (χ3v) is 24.5. The molecular weight excluding hydrogens is 1910 g/mol. The van der Waals surface area contributed by atoms with Crippen molar-refractivity contribution in [3.63, 3.8) is 0 Å². The van der Waals surface area contributed by atoms with Crippen LogP contribution in [0.3, 0.4) is 0 Å². The van der Waals surface area contributed by atoms with Crippen LogP contribution in [0.15, 0.2) is 242 Å². The van der Waals surface area contributed by atoms with Crippen molar-refractivity contribution in [3.8, 4) is 33.4 Å². The first-order valence-electron chi connectivity index (χ1n) is 66.6. The van der Waals surface area contributed by atoms with Gasteiger partial charge in [-0.15, -0.1) is 0 Å². The van der Waals surface area contributed by atoms with Gasteiger partial charge >= 0.3 is 18.5 Å². The highest BCUT2D eigenvalue weighted by atomic mass is 32.2. The predicted molar refractivity (Wildman–Crippen MR) is 539 cm³/mol. The monoisotopic (exact) mass is 2070 g/mol. The van der Waals surface area contributed by atoms with Crippen LogP contribution in [-0.2, 0) is 128 Å². The minimum atomic E-state index is -5.42. The average Bonchev–Trinajstić information content (AvgIpc) is 1.51. The van der Waals surface area contributed by atoms with Crippen LogP contribution in [0, 0.1) is 30.3 Å². The van der Waals surface area contributed by atoms with Crippen LogP contribution in [0.5, 0.6) is 0 Å². The minimum absolute atomic E-state index is 0.00697. The SMILES string of the molecule is [2H]C([2H])(C(=O)N(Cc1ccc(-c2ccc(C(F)(F)F)cc2)cc1)C([2H])([2H])C([2H])([2H])N(CC)CC)n1c(SCc2ccc(F)cc2)nc(=O)c2c1CCC2.[2H]c1c([2H])c(CSc2nc(=O)c3c(n2C([2H])([2H])C(=O)N(CCN(C([2H])([2H])C)C([2H])([2H])C)Cc2c([2H])c([2H])c(-c4c([2H])c([2H])c(C(F)(F)F)c(C)c4[2H])c([2H])c2[2H])CCC3)c([2H])c([2H])c1F.[2H]c1c([2H])c(CSc2nc(=O)c3c(n2C([2H])([2H])C(=O)N(CCN(C([2H])([2H])C)C([2H])([2H])C)Cc2c([2H])c([2H])c(-c4c([2H])c([2H])c(C(F)(F)F)c([2H])c4[2H])c([2H])c2[2H])C([2H])([2H])C([2H])(C)C3([2H])[2H])c([2H])c([2H])c1F. The number of likely N-dealkylation sites (N-methyl/N-ethyl adjacent to an activating group) is 3. The van der Waals surface area contributed by atoms with Gasteiger partial charge in [-0.3, -0.25) is 28.8 Å². The Labute approximate surface area is 903 Å². The topological polar surface area (TPSA) is 175 Å². The fourth-order valence-corrected chi connectivity index (χ4v) is 16.8. The van der Waals surface area contributed by atoms with E-state index in [1.807, 2.05) is 0 Å². The van der Waals surface area contributed by atoms with E-state index in [0.717, 1.165) is 67.6 Å². The zero-order chi connectivity index (χ0) is 143. The number of benzene rings is 9. The number of fused-ring (bicyclic) bond motifs is 3. The Kier molecular flexibility index (Phi) is 21.7. The summed E-state index contributed by atoms with van der Waals surface area (Å²) < 4.78 is 562. The lowest BCUT2D eigenvalue weighted by atomic mass is 9.98. The summed E-state index contributed by atoms with van der Waals surface area (Å²) in [5.74, 6) is -12.6. The Morgan fingerprint density at radius 1 is 0.399 bits per heavy atom. The lowest BCUT2D eigenvalue weighted by Gasteiger charge is -2.28. The quantitative estimate of drug-likeness (QED) is 0.0202. The lowest BCUT2D eigenvalue weighted by Crippen LogP contribution is -2.40. The van der Waals surface area contributed by atoms with Gasteiger partial charge in [0.2, 0.25) is 17.7 Å². The first-order valence-corrected chi connectivity index (χ1v) is 46.6. The second-order valence-corrected chi connectivity index (χ2v) is 33.9. The van der Waals surface area contributed by atoms with Gasteiger partial charge in [0.15, 0.2) is 15.5 Å². The molecule has 0 aliphatic heterocycles. The van der Waals surface area contributed by atoms with E-state index in [2.05, 4.69) is 15.0 Å². The molecule has 1 unspecified atom stereocenters. The first-order chi connectivity index (χ1) is 86.5. The summed E-state index contributed by atoms with van der Waals surface area (Å²) in [6.45, 7) is -23.8. The Morgan fingerprint density at radius 3 is 1.20 bits per heavy atom. The molecule has 18 nitrogen and oxygen atoms in total. The van der Waals surface area contributed by atoms with E-state index in [4.69, 9.17) is 54.8 Å². The predicted octanol–water partition coefficient (Wildman–Crippen LogP) is 22.2. The summed E-state index contributed by atoms with van der Waals surface area (Å²) in [6, 6.07) is -10.00. The van der Waals surface area contributed by atoms with Crippen LogP contribution in [0.25, 0.3) is 33.4 Å². The number of amides is 3. The molecule has 0 bridgehead atoms. The van der Waals surface area contributed by atoms with Gasteiger partial charge in [-0.1, -0.05) is 229 Å². The highest BCUT2D eigenvalue weighted by Crippen LogP contribution is 2.39. The highest BCUT2D eigenvalue weighted by Gasteiger charge is 2.36. The molecule has 3 heterocycles. The highest BCUT2D eigenvalue weighted by molar-refractivity contribution is 7.98. The van der Waals surface area contributed by atoms with Gasteiger partial charge in [-0.05, 0) is 242 Å². The average molecular weight is 2070 g/mol. The number of hydrogen-bond donors (Lipinski definition) is 0. The van der Waals surface area contributed by atoms with E-state index in [1.165, 1.54) is 53.4 Å². The number of carbonyl (C=O) groups excluding carboxylic acids is 3. The number of thioether (sulfide) groups is 3. The number of alkyl halides is 9. The van der Waals surface area contributed by atoms with Crippen molar-refractivity contribution in [2.75, 3.05) is 78.2 Å². The lowest BCUT2D eigenvalue weighted by molar-refractivity contribution is -0.138. The molecule has 0 fully saturated rings. The summed E-state index contributed by atoms with van der Waals surface area (Å²) in [5, 5.41) is -1.68. The van der Waals surface area contributed by atoms with Crippen molar-refractivity contribution in [2.24, 2.45) is 5.89 Å². The Bertz CT molecular complexity index is 9040. The number of hydrogen-bond acceptors (Lipinski definition) is 15. The van der Waals surface area contributed by atoms with E-state index < -0.39 is 427 Å². The zero-order valence-electron chi connectivity index (χ0n) is 123. The molecule has 756 valence electrons. The van der Waals surface area contributed by atoms with Gasteiger partial charge in [0, 0.05) is 130 Å². The molecule has 0 N–H and O–H groups in total. The van der Waals surface area contributed by atoms with Gasteiger partial charge < -0.3 is 43.1 Å². The third-order valence-electron chi connectivity index (χ3n) is 21.6. The number of carbonyl (C=O) groups is 3. The van der Waals surface area contributed by atoms with Crippen molar-refractivity contribution < 1.29 is 130 Å². The van der Waals surface area contributed by atoms with E-state index >= 15 is 4.79 Å². The summed E-state index contributed by atoms with van der Waals surface area (Å²) in [7, 11) is 0. The standard InChI is InChI=1S/2C37H40F4N4O2S.C36H38F4N4O2S/c1-4-43(5-2)18-19-44(22-26-6-10-28(11-7-26)29-12-14-30(15-13-29)37(39,40)41)34(46)23-45-33-21-25(3)20-32(33)35(47)42-36(45)48-24-27-8-16-31(38)17-9-27;1-4-43(5-2)19-20-44(22-26-9-13-28(14-10-26)29-15-18-32(25(3)21-29)37(39,40)41)34(46)23-45-33-8-6-7-31(33)35(47)42-36(45)48-24-27-11-16-30(38)17-12-27;1-3-42(4-2)20-21-43(22-25-8-12-27(13-9-25)28-14-16-29(17-15-28)36(38,39)40)33(45)23-44-32-7-5-6-31(32)34(46)41-35(44)47-24-26-10-18-30(37)19-11-26/h6-17,25H,4-5,18-24H2,1-3H3;9-18,21H,4-8,19-20,22-24H2,1-3H3;8-19H,3-7,20-24H2,1-2H3/i4D2,5D2,6D,7D,8D,9D,10D,11D,12D,13D,14D,15D,16D,17D,20D2,21D2,23D2,25D;4D2,5D2,9D,10D,11D,12D,13D,14D,15D,16D,17D,18D,21D,23D2;20D2,21D2,23D2. The molecule has 3 aliphatic carbocycles. The van der Waals surface area contributed by atoms with Crippen LogP contribution in [0.4, 0.5) is 52.7 Å². The van der Waals surface area contributed by atoms with E-state index in [-0.39, 0.29) is 87.7 Å². The number of halogens is 12. The second kappa shape index (κ2) is 50.1. The molecule has 3 amide bonds. The third kappa shape index (κ3) is 29.5. The summed E-state index contributed by atoms with van der Waals surface area (Å²) in [5.41, 5.74) is -14.6. The largest absolute Gasteiger partial charge is 0.416 e. The molecule has 3 aromatic heterocycles. The molecule has 33 heteroatoms. The fraction of sp³-hybridized carbons (Fsp3) is 0.373. The summed E-state index contributed by atoms with van der Waals surface area (Å²) in [4.78, 5) is 100. The molecular formula is C110H118F12N12O6S3. The fourth-order valence-electron chi connectivity index (χ4n) is 14.2. The molecule has 9 aromatic carbocycles. The van der Waals surface area contributed by atoms with Crippen LogP contribution >= 0.6 is 35.3 Å². The van der Waals surface area contributed by atoms with Gasteiger partial charge in [0.1, 0.15) is 36.9 Å². The zero-order valence-corrected chi connectivity index (χ0v) is 79.7. The molecule has 143 heavy (non-hydrogen) atoms. The molecule has 15 rings (SSSR count). The van der Waals surface area contributed by atoms with Crippen LogP contribution in [-0.4, -0.2) is 154 Å². The Hall–Kier alpha value is -11.9. The van der Waals surface area contributed by atoms with Crippen molar-refractivity contribution >= 4 is 53.0 Å². The molecule has 0 spiro atoms. The minimum Gasteiger partial charge on any atom is -0.336 e. The Balaban J connectivity index is 0.000000231. The summed E-state index contributed by atoms with van der Waals surface area (Å²) in [6.07, 6.45) is -20.4. The van der Waals surface area contributed by atoms with Gasteiger partial charge in [0.25, 0.3) is 16.7 Å². The smallest absolute Gasteiger partial charge is 0.336 e. The van der Waals surface area contributed by atoms with Crippen molar-refractivity contribution in [1.29, 1.82) is 0 Å². The number of rotatable bonds is 39. The van der Waals surface area contributed by atoms with Crippen LogP contribution < -0.4 is 16.7 Å². The maximum absolute atomic E-state index is 15.1. The number of aromatic nitrogens is 6. The van der Waals surface area contributed by atoms with Gasteiger partial charge in [0.05, 0.1) is 59.2 Å². The van der Waals surface area contributed by atoms with Crippen molar-refractivity contribution in [3.05, 3.63) is 350 Å². The molecule has 1 atom stereocenters.